The summed E-state index contributed by atoms with van der Waals surface area (Å²) in [6, 6.07) is 6.81. The van der Waals surface area contributed by atoms with Gasteiger partial charge >= 0.3 is 18.1 Å². The highest BCUT2D eigenvalue weighted by atomic mass is 32.1. The van der Waals surface area contributed by atoms with Gasteiger partial charge in [0.1, 0.15) is 16.9 Å². The van der Waals surface area contributed by atoms with Crippen molar-refractivity contribution in [2.75, 3.05) is 20.2 Å². The predicted molar refractivity (Wildman–Crippen MR) is 149 cm³/mol. The lowest BCUT2D eigenvalue weighted by Gasteiger charge is -2.32. The molecule has 1 unspecified atom stereocenters. The summed E-state index contributed by atoms with van der Waals surface area (Å²) in [4.78, 5) is 20.8. The fraction of sp³-hybridized carbons (Fsp3) is 0.414. The van der Waals surface area contributed by atoms with E-state index in [1.54, 1.807) is 6.92 Å². The number of hydrogen-bond donors (Lipinski definition) is 1. The molecule has 45 heavy (non-hydrogen) atoms. The van der Waals surface area contributed by atoms with Crippen molar-refractivity contribution in [3.8, 4) is 33.5 Å². The van der Waals surface area contributed by atoms with E-state index in [0.717, 1.165) is 29.5 Å². The number of thiazole rings is 1. The summed E-state index contributed by atoms with van der Waals surface area (Å²) in [7, 11) is 1.33. The molecule has 0 aliphatic carbocycles. The van der Waals surface area contributed by atoms with Crippen molar-refractivity contribution in [3.63, 3.8) is 0 Å². The largest absolute Gasteiger partial charge is 0.496 e. The molecule has 1 saturated heterocycles. The number of piperidine rings is 1. The summed E-state index contributed by atoms with van der Waals surface area (Å²) in [5.74, 6) is -3.19. The van der Waals surface area contributed by atoms with Gasteiger partial charge in [-0.05, 0) is 50.6 Å². The minimum Gasteiger partial charge on any atom is -0.496 e. The maximum absolute atomic E-state index is 15.3. The second kappa shape index (κ2) is 12.8. The number of halogens is 7. The SMILES string of the molecule is CCC(Oc1cc(OC)c(-c2noc(=O)[nH]2)cc1F)c1sc(-c2ccc(C(F)(F)F)cc2)nc1CN1CCC(C(F)(F)F)CC1. The Morgan fingerprint density at radius 2 is 1.78 bits per heavy atom. The molecule has 0 bridgehead atoms. The number of methoxy groups -OCH3 is 1. The lowest BCUT2D eigenvalue weighted by atomic mass is 9.96. The molecule has 0 spiro atoms. The zero-order valence-corrected chi connectivity index (χ0v) is 24.7. The first-order valence-corrected chi connectivity index (χ1v) is 14.6. The number of rotatable bonds is 9. The van der Waals surface area contributed by atoms with Crippen LogP contribution in [0.15, 0.2) is 45.7 Å². The maximum Gasteiger partial charge on any atom is 0.439 e. The van der Waals surface area contributed by atoms with Crippen molar-refractivity contribution in [1.29, 1.82) is 0 Å². The Morgan fingerprint density at radius 1 is 1.09 bits per heavy atom. The summed E-state index contributed by atoms with van der Waals surface area (Å²) < 4.78 is 110. The molecule has 5 rings (SSSR count). The van der Waals surface area contributed by atoms with E-state index < -0.39 is 41.5 Å². The molecule has 1 N–H and O–H groups in total. The first-order valence-electron chi connectivity index (χ1n) is 13.8. The van der Waals surface area contributed by atoms with Gasteiger partial charge in [-0.25, -0.2) is 14.2 Å². The number of likely N-dealkylation sites (tertiary alicyclic amines) is 1. The Kier molecular flexibility index (Phi) is 9.26. The Morgan fingerprint density at radius 3 is 2.33 bits per heavy atom. The number of alkyl halides is 6. The lowest BCUT2D eigenvalue weighted by Crippen LogP contribution is -2.38. The molecule has 2 aromatic carbocycles. The molecule has 1 atom stereocenters. The fourth-order valence-electron chi connectivity index (χ4n) is 5.08. The van der Waals surface area contributed by atoms with E-state index in [9.17, 15) is 31.1 Å². The third-order valence-corrected chi connectivity index (χ3v) is 8.73. The van der Waals surface area contributed by atoms with Crippen LogP contribution >= 0.6 is 11.3 Å². The molecule has 16 heteroatoms. The fourth-order valence-corrected chi connectivity index (χ4v) is 6.28. The smallest absolute Gasteiger partial charge is 0.439 e. The number of aromatic nitrogens is 3. The van der Waals surface area contributed by atoms with E-state index in [4.69, 9.17) is 9.47 Å². The number of aromatic amines is 1. The van der Waals surface area contributed by atoms with E-state index in [0.29, 0.717) is 27.6 Å². The first-order chi connectivity index (χ1) is 21.3. The highest BCUT2D eigenvalue weighted by Crippen LogP contribution is 2.41. The summed E-state index contributed by atoms with van der Waals surface area (Å²) in [6.45, 7) is 2.29. The Balaban J connectivity index is 1.47. The van der Waals surface area contributed by atoms with E-state index in [1.807, 2.05) is 4.90 Å². The monoisotopic (exact) mass is 660 g/mol. The second-order valence-corrected chi connectivity index (χ2v) is 11.5. The van der Waals surface area contributed by atoms with E-state index in [2.05, 4.69) is 19.6 Å². The molecule has 2 aromatic heterocycles. The molecule has 0 saturated carbocycles. The van der Waals surface area contributed by atoms with Gasteiger partial charge in [0.15, 0.2) is 17.4 Å². The van der Waals surface area contributed by atoms with Gasteiger partial charge in [0.2, 0.25) is 0 Å². The van der Waals surface area contributed by atoms with Crippen molar-refractivity contribution < 1.29 is 44.7 Å². The Labute approximate surface area is 255 Å². The molecule has 3 heterocycles. The Hall–Kier alpha value is -3.92. The van der Waals surface area contributed by atoms with Gasteiger partial charge in [0.05, 0.1) is 34.7 Å². The summed E-state index contributed by atoms with van der Waals surface area (Å²) in [6.07, 6.45) is -9.42. The predicted octanol–water partition coefficient (Wildman–Crippen LogP) is 7.62. The number of nitrogens with zero attached hydrogens (tertiary/aromatic N) is 3. The highest BCUT2D eigenvalue weighted by Gasteiger charge is 2.41. The van der Waals surface area contributed by atoms with Crippen LogP contribution < -0.4 is 15.2 Å². The van der Waals surface area contributed by atoms with Crippen LogP contribution in [0.1, 0.15) is 48.4 Å². The van der Waals surface area contributed by atoms with E-state index in [-0.39, 0.29) is 55.4 Å². The first kappa shape index (κ1) is 32.5. The van der Waals surface area contributed by atoms with Crippen molar-refractivity contribution in [2.24, 2.45) is 5.92 Å². The van der Waals surface area contributed by atoms with Crippen LogP contribution in [-0.4, -0.2) is 46.4 Å². The minimum atomic E-state index is -4.52. The number of H-pyrrole nitrogens is 1. The van der Waals surface area contributed by atoms with Gasteiger partial charge in [-0.15, -0.1) is 11.3 Å². The molecule has 0 radical (unpaired) electrons. The quantitative estimate of drug-likeness (QED) is 0.185. The van der Waals surface area contributed by atoms with Gasteiger partial charge < -0.3 is 9.47 Å². The van der Waals surface area contributed by atoms with Crippen LogP contribution in [-0.2, 0) is 12.7 Å². The van der Waals surface area contributed by atoms with Crippen molar-refractivity contribution in [1.82, 2.24) is 20.0 Å². The van der Waals surface area contributed by atoms with Crippen LogP contribution in [0.2, 0.25) is 0 Å². The third-order valence-electron chi connectivity index (χ3n) is 7.49. The summed E-state index contributed by atoms with van der Waals surface area (Å²) in [5, 5.41) is 3.94. The minimum absolute atomic E-state index is 0.0606. The van der Waals surface area contributed by atoms with Crippen LogP contribution in [0.4, 0.5) is 30.7 Å². The number of nitrogens with one attached hydrogen (secondary N) is 1. The van der Waals surface area contributed by atoms with Crippen LogP contribution in [0.5, 0.6) is 11.5 Å². The van der Waals surface area contributed by atoms with Gasteiger partial charge in [-0.1, -0.05) is 24.2 Å². The second-order valence-electron chi connectivity index (χ2n) is 10.4. The maximum atomic E-state index is 15.3. The molecule has 1 aliphatic rings. The molecule has 4 aromatic rings. The van der Waals surface area contributed by atoms with Gasteiger partial charge in [-0.3, -0.25) is 14.4 Å². The highest BCUT2D eigenvalue weighted by molar-refractivity contribution is 7.15. The van der Waals surface area contributed by atoms with Gasteiger partial charge in [0, 0.05) is 18.2 Å². The lowest BCUT2D eigenvalue weighted by molar-refractivity contribution is -0.185. The molecule has 242 valence electrons. The number of ether oxygens (including phenoxy) is 2. The van der Waals surface area contributed by atoms with Gasteiger partial charge in [0.25, 0.3) is 0 Å². The normalized spacial score (nSPS) is 15.8. The summed E-state index contributed by atoms with van der Waals surface area (Å²) in [5.41, 5.74) is 0.154. The standard InChI is InChI=1S/C29H27F7N4O4S/c1-3-21(43-23-13-22(42-2)18(12-19(23)30)25-38-27(41)44-39-25)24-20(14-40-10-8-17(9-11-40)29(34,35)36)37-26(45-24)15-4-6-16(7-5-15)28(31,32)33/h4-7,12-13,17,21H,3,8-11,14H2,1-2H3,(H,38,39,41). The van der Waals surface area contributed by atoms with Crippen LogP contribution in [0, 0.1) is 11.7 Å². The average molecular weight is 661 g/mol. The van der Waals surface area contributed by atoms with E-state index >= 15 is 4.39 Å². The van der Waals surface area contributed by atoms with Crippen LogP contribution in [0.3, 0.4) is 0 Å². The van der Waals surface area contributed by atoms with Crippen molar-refractivity contribution >= 4 is 11.3 Å². The molecular weight excluding hydrogens is 633 g/mol. The van der Waals surface area contributed by atoms with E-state index in [1.165, 1.54) is 25.3 Å². The molecule has 0 amide bonds. The van der Waals surface area contributed by atoms with Crippen LogP contribution in [0.25, 0.3) is 22.0 Å². The average Bonchev–Trinajstić information content (AvgIpc) is 3.62. The molecular formula is C29H27F7N4O4S. The van der Waals surface area contributed by atoms with Gasteiger partial charge in [-0.2, -0.15) is 26.3 Å². The molecule has 1 aliphatic heterocycles. The Bertz CT molecular complexity index is 1670. The third kappa shape index (κ3) is 7.32. The topological polar surface area (TPSA) is 93.5 Å². The molecule has 8 nitrogen and oxygen atoms in total. The number of hydrogen-bond acceptors (Lipinski definition) is 8. The van der Waals surface area contributed by atoms with Crippen molar-refractivity contribution in [2.45, 2.75) is 51.2 Å². The summed E-state index contributed by atoms with van der Waals surface area (Å²) >= 11 is 1.15. The zero-order valence-electron chi connectivity index (χ0n) is 23.9. The zero-order chi connectivity index (χ0) is 32.5. The molecule has 1 fully saturated rings. The number of benzene rings is 2. The van der Waals surface area contributed by atoms with Crippen molar-refractivity contribution in [3.05, 3.63) is 68.9 Å².